The highest BCUT2D eigenvalue weighted by molar-refractivity contribution is 6.38. The van der Waals surface area contributed by atoms with Crippen LogP contribution in [0.5, 0.6) is 0 Å². The van der Waals surface area contributed by atoms with Crippen molar-refractivity contribution in [2.45, 2.75) is 64.4 Å². The Morgan fingerprint density at radius 1 is 1.33 bits per heavy atom. The van der Waals surface area contributed by atoms with Crippen LogP contribution in [0, 0.1) is 6.92 Å². The average Bonchev–Trinajstić information content (AvgIpc) is 2.98. The zero-order chi connectivity index (χ0) is 24.2. The quantitative estimate of drug-likeness (QED) is 0.287. The second-order valence-electron chi connectivity index (χ2n) is 8.13. The van der Waals surface area contributed by atoms with E-state index in [1.165, 1.54) is 0 Å². The highest BCUT2D eigenvalue weighted by Crippen LogP contribution is 2.46. The highest BCUT2D eigenvalue weighted by Gasteiger charge is 2.51. The van der Waals surface area contributed by atoms with Crippen molar-refractivity contribution in [3.05, 3.63) is 51.7 Å². The Hall–Kier alpha value is -2.06. The topological polar surface area (TPSA) is 83.1 Å². The van der Waals surface area contributed by atoms with E-state index in [2.05, 4.69) is 11.9 Å². The first-order chi connectivity index (χ1) is 15.7. The van der Waals surface area contributed by atoms with E-state index in [4.69, 9.17) is 42.1 Å². The lowest BCUT2D eigenvalue weighted by Gasteiger charge is -2.38. The fraction of sp³-hybridized carbons (Fsp3) is 0.500. The van der Waals surface area contributed by atoms with Crippen LogP contribution >= 0.6 is 23.2 Å². The molecule has 7 nitrogen and oxygen atoms in total. The smallest absolute Gasteiger partial charge is 0.404 e. The van der Waals surface area contributed by atoms with Gasteiger partial charge in [0.1, 0.15) is 0 Å². The van der Waals surface area contributed by atoms with Gasteiger partial charge < -0.3 is 24.3 Å². The number of aryl methyl sites for hydroxylation is 1. The number of nitrogens with one attached hydrogen (secondary N) is 1. The molecule has 0 aromatic heterocycles. The number of ether oxygens (including phenoxy) is 4. The minimum atomic E-state index is -0.952. The fourth-order valence-electron chi connectivity index (χ4n) is 4.39. The third-order valence-electron chi connectivity index (χ3n) is 5.83. The van der Waals surface area contributed by atoms with Crippen molar-refractivity contribution in [2.24, 2.45) is 0 Å². The van der Waals surface area contributed by atoms with Gasteiger partial charge in [0.25, 0.3) is 5.91 Å². The van der Waals surface area contributed by atoms with Crippen molar-refractivity contribution < 1.29 is 28.5 Å². The van der Waals surface area contributed by atoms with Crippen LogP contribution in [0.3, 0.4) is 0 Å². The van der Waals surface area contributed by atoms with Gasteiger partial charge in [-0.25, -0.2) is 4.79 Å². The molecule has 1 heterocycles. The van der Waals surface area contributed by atoms with E-state index in [-0.39, 0.29) is 23.3 Å². The summed E-state index contributed by atoms with van der Waals surface area (Å²) in [5.74, 6) is -0.163. The van der Waals surface area contributed by atoms with Crippen LogP contribution in [0.2, 0.25) is 10.0 Å². The third kappa shape index (κ3) is 5.72. The van der Waals surface area contributed by atoms with Crippen LogP contribution in [0.4, 0.5) is 4.79 Å². The number of amides is 1. The molecule has 1 unspecified atom stereocenters. The van der Waals surface area contributed by atoms with E-state index in [9.17, 15) is 9.59 Å². The predicted molar refractivity (Wildman–Crippen MR) is 126 cm³/mol. The molecule has 0 bridgehead atoms. The summed E-state index contributed by atoms with van der Waals surface area (Å²) in [7, 11) is 0. The molecule has 1 amide bonds. The van der Waals surface area contributed by atoms with E-state index in [1.807, 2.05) is 0 Å². The summed E-state index contributed by atoms with van der Waals surface area (Å²) in [4.78, 5) is 25.9. The van der Waals surface area contributed by atoms with Gasteiger partial charge in [0, 0.05) is 17.2 Å². The first kappa shape index (κ1) is 25.6. The van der Waals surface area contributed by atoms with Crippen LogP contribution in [-0.4, -0.2) is 43.2 Å². The van der Waals surface area contributed by atoms with Crippen molar-refractivity contribution in [3.8, 4) is 0 Å². The number of rotatable bonds is 8. The van der Waals surface area contributed by atoms with Crippen molar-refractivity contribution in [3.63, 3.8) is 0 Å². The number of hydrogen-bond donors (Lipinski definition) is 1. The number of hydrogen-bond acceptors (Lipinski definition) is 6. The largest absolute Gasteiger partial charge is 0.515 e. The van der Waals surface area contributed by atoms with Gasteiger partial charge in [-0.1, -0.05) is 29.3 Å². The summed E-state index contributed by atoms with van der Waals surface area (Å²) in [6.45, 7) is 9.69. The van der Waals surface area contributed by atoms with Gasteiger partial charge in [-0.05, 0) is 64.2 Å². The summed E-state index contributed by atoms with van der Waals surface area (Å²) >= 11 is 12.6. The second kappa shape index (κ2) is 10.9. The first-order valence-corrected chi connectivity index (χ1v) is 11.7. The molecule has 1 aliphatic carbocycles. The Morgan fingerprint density at radius 3 is 2.64 bits per heavy atom. The normalized spacial score (nSPS) is 23.4. The maximum atomic E-state index is 13.2. The van der Waals surface area contributed by atoms with E-state index >= 15 is 0 Å². The molecule has 1 aliphatic heterocycles. The fourth-order valence-corrected chi connectivity index (χ4v) is 5.08. The Labute approximate surface area is 204 Å². The SMILES string of the molecule is C=CCOC1CCC2(CC1)NC(=O)C(c1c(C)cc(Cl)cc1Cl)=C2OC(=O)OC(C)OCC. The lowest BCUT2D eigenvalue weighted by atomic mass is 9.79. The molecule has 1 aromatic rings. The summed E-state index contributed by atoms with van der Waals surface area (Å²) < 4.78 is 22.0. The molecule has 1 saturated carbocycles. The molecule has 9 heteroatoms. The first-order valence-electron chi connectivity index (χ1n) is 11.0. The Kier molecular flexibility index (Phi) is 8.45. The molecule has 1 N–H and O–H groups in total. The molecule has 1 fully saturated rings. The molecule has 180 valence electrons. The summed E-state index contributed by atoms with van der Waals surface area (Å²) in [6.07, 6.45) is 2.38. The van der Waals surface area contributed by atoms with Crippen LogP contribution in [0.15, 0.2) is 30.5 Å². The zero-order valence-electron chi connectivity index (χ0n) is 19.0. The summed E-state index contributed by atoms with van der Waals surface area (Å²) in [5.41, 5.74) is 0.501. The van der Waals surface area contributed by atoms with Crippen LogP contribution in [0.25, 0.3) is 5.57 Å². The van der Waals surface area contributed by atoms with Crippen molar-refractivity contribution in [1.82, 2.24) is 5.32 Å². The van der Waals surface area contributed by atoms with Crippen LogP contribution in [0.1, 0.15) is 50.7 Å². The lowest BCUT2D eigenvalue weighted by molar-refractivity contribution is -0.117. The Balaban J connectivity index is 2.00. The predicted octanol–water partition coefficient (Wildman–Crippen LogP) is 5.56. The van der Waals surface area contributed by atoms with Crippen molar-refractivity contribution >= 4 is 40.8 Å². The molecular formula is C24H29Cl2NO6. The minimum absolute atomic E-state index is 0.0293. The average molecular weight is 498 g/mol. The van der Waals surface area contributed by atoms with E-state index < -0.39 is 18.0 Å². The van der Waals surface area contributed by atoms with Gasteiger partial charge >= 0.3 is 6.16 Å². The molecular weight excluding hydrogens is 469 g/mol. The Bertz CT molecular complexity index is 929. The van der Waals surface area contributed by atoms with Gasteiger partial charge in [0.05, 0.1) is 28.8 Å². The van der Waals surface area contributed by atoms with Crippen molar-refractivity contribution in [2.75, 3.05) is 13.2 Å². The Morgan fingerprint density at radius 2 is 2.03 bits per heavy atom. The summed E-state index contributed by atoms with van der Waals surface area (Å²) in [6, 6.07) is 3.27. The second-order valence-corrected chi connectivity index (χ2v) is 8.98. The van der Waals surface area contributed by atoms with Gasteiger partial charge in [-0.3, -0.25) is 4.79 Å². The molecule has 33 heavy (non-hydrogen) atoms. The summed E-state index contributed by atoms with van der Waals surface area (Å²) in [5, 5.41) is 3.79. The molecule has 1 aromatic carbocycles. The molecule has 0 saturated heterocycles. The zero-order valence-corrected chi connectivity index (χ0v) is 20.6. The van der Waals surface area contributed by atoms with Gasteiger partial charge in [-0.15, -0.1) is 6.58 Å². The van der Waals surface area contributed by atoms with Crippen LogP contribution in [-0.2, 0) is 23.7 Å². The van der Waals surface area contributed by atoms with Gasteiger partial charge in [0.15, 0.2) is 5.76 Å². The standard InChI is InChI=1S/C24H29Cl2NO6/c1-5-11-31-17-7-9-24(10-8-17)21(33-23(29)32-15(4)30-6-2)20(22(28)27-24)19-14(3)12-16(25)13-18(19)26/h5,12-13,15,17H,1,6-11H2,2-4H3,(H,27,28). The van der Waals surface area contributed by atoms with Crippen LogP contribution < -0.4 is 5.32 Å². The number of carbonyl (C=O) groups excluding carboxylic acids is 2. The van der Waals surface area contributed by atoms with Crippen molar-refractivity contribution in [1.29, 1.82) is 0 Å². The molecule has 0 radical (unpaired) electrons. The number of halogens is 2. The lowest BCUT2D eigenvalue weighted by Crippen LogP contribution is -2.49. The number of carbonyl (C=O) groups is 2. The monoisotopic (exact) mass is 497 g/mol. The maximum absolute atomic E-state index is 13.2. The molecule has 1 atom stereocenters. The van der Waals surface area contributed by atoms with E-state index in [0.717, 1.165) is 0 Å². The van der Waals surface area contributed by atoms with Gasteiger partial charge in [0.2, 0.25) is 6.29 Å². The highest BCUT2D eigenvalue weighted by atomic mass is 35.5. The molecule has 3 rings (SSSR count). The third-order valence-corrected chi connectivity index (χ3v) is 6.34. The maximum Gasteiger partial charge on any atom is 0.515 e. The molecule has 2 aliphatic rings. The van der Waals surface area contributed by atoms with Gasteiger partial charge in [-0.2, -0.15) is 0 Å². The minimum Gasteiger partial charge on any atom is -0.404 e. The molecule has 1 spiro atoms. The van der Waals surface area contributed by atoms with E-state index in [1.54, 1.807) is 39.0 Å². The number of benzene rings is 1. The van der Waals surface area contributed by atoms with E-state index in [0.29, 0.717) is 60.1 Å².